The Morgan fingerprint density at radius 3 is 2.42 bits per heavy atom. The van der Waals surface area contributed by atoms with Crippen molar-refractivity contribution in [3.8, 4) is 0 Å². The molecule has 33 heavy (non-hydrogen) atoms. The molecule has 4 aliphatic carbocycles. The molecular formula is C26H36O7. The molecule has 0 aromatic carbocycles. The van der Waals surface area contributed by atoms with Gasteiger partial charge in [0.15, 0.2) is 12.2 Å². The SMILES string of the molecule is CC(=O)OCC(=O)[C@]1(OC(C)=O)CCC2C3CC=C4CC(OC=O)CCC4(C)C3CCC21C. The van der Waals surface area contributed by atoms with Crippen LogP contribution in [0, 0.1) is 28.6 Å². The van der Waals surface area contributed by atoms with Crippen molar-refractivity contribution in [1.29, 1.82) is 0 Å². The van der Waals surface area contributed by atoms with Crippen LogP contribution in [0.5, 0.6) is 0 Å². The molecule has 3 saturated carbocycles. The first-order chi connectivity index (χ1) is 15.6. The highest BCUT2D eigenvalue weighted by Gasteiger charge is 2.68. The molecule has 7 atom stereocenters. The van der Waals surface area contributed by atoms with E-state index in [2.05, 4.69) is 19.9 Å². The molecule has 6 unspecified atom stereocenters. The number of fused-ring (bicyclic) bond motifs is 5. The highest BCUT2D eigenvalue weighted by molar-refractivity contribution is 5.93. The van der Waals surface area contributed by atoms with Crippen molar-refractivity contribution in [2.45, 2.75) is 90.8 Å². The largest absolute Gasteiger partial charge is 0.464 e. The Morgan fingerprint density at radius 1 is 1.03 bits per heavy atom. The Balaban J connectivity index is 1.63. The van der Waals surface area contributed by atoms with Crippen LogP contribution in [0.25, 0.3) is 0 Å². The fourth-order valence-corrected chi connectivity index (χ4v) is 8.03. The topological polar surface area (TPSA) is 96.0 Å². The number of Topliss-reactive ketones (excluding diaryl/α,β-unsaturated/α-hetero) is 1. The molecule has 4 aliphatic rings. The highest BCUT2D eigenvalue weighted by atomic mass is 16.6. The summed E-state index contributed by atoms with van der Waals surface area (Å²) in [6.07, 6.45) is 8.93. The van der Waals surface area contributed by atoms with E-state index in [-0.39, 0.29) is 29.8 Å². The van der Waals surface area contributed by atoms with E-state index in [0.717, 1.165) is 44.9 Å². The number of ether oxygens (including phenoxy) is 3. The number of hydrogen-bond acceptors (Lipinski definition) is 7. The van der Waals surface area contributed by atoms with Crippen LogP contribution in [0.3, 0.4) is 0 Å². The lowest BCUT2D eigenvalue weighted by atomic mass is 9.46. The van der Waals surface area contributed by atoms with Gasteiger partial charge >= 0.3 is 11.9 Å². The Morgan fingerprint density at radius 2 is 1.76 bits per heavy atom. The molecule has 182 valence electrons. The summed E-state index contributed by atoms with van der Waals surface area (Å²) in [5, 5.41) is 0. The van der Waals surface area contributed by atoms with Crippen LogP contribution in [0.1, 0.15) is 79.1 Å². The fraction of sp³-hybridized carbons (Fsp3) is 0.769. The van der Waals surface area contributed by atoms with E-state index < -0.39 is 23.0 Å². The van der Waals surface area contributed by atoms with Gasteiger partial charge in [0.25, 0.3) is 6.47 Å². The smallest absolute Gasteiger partial charge is 0.303 e. The molecule has 0 aliphatic heterocycles. The maximum absolute atomic E-state index is 13.4. The third-order valence-electron chi connectivity index (χ3n) is 9.60. The minimum atomic E-state index is -1.25. The number of hydrogen-bond donors (Lipinski definition) is 0. The van der Waals surface area contributed by atoms with Crippen molar-refractivity contribution < 1.29 is 33.4 Å². The van der Waals surface area contributed by atoms with Gasteiger partial charge in [0.2, 0.25) is 5.78 Å². The highest BCUT2D eigenvalue weighted by Crippen LogP contribution is 2.68. The zero-order valence-corrected chi connectivity index (χ0v) is 20.2. The van der Waals surface area contributed by atoms with Gasteiger partial charge in [0.05, 0.1) is 0 Å². The molecule has 4 rings (SSSR count). The summed E-state index contributed by atoms with van der Waals surface area (Å²) < 4.78 is 16.2. The predicted molar refractivity (Wildman–Crippen MR) is 119 cm³/mol. The van der Waals surface area contributed by atoms with Crippen molar-refractivity contribution in [3.05, 3.63) is 11.6 Å². The summed E-state index contributed by atoms with van der Waals surface area (Å²) in [5.74, 6) is -0.153. The number of rotatable bonds is 6. The fourth-order valence-electron chi connectivity index (χ4n) is 8.03. The summed E-state index contributed by atoms with van der Waals surface area (Å²) in [6.45, 7) is 7.28. The quantitative estimate of drug-likeness (QED) is 0.256. The van der Waals surface area contributed by atoms with E-state index in [0.29, 0.717) is 24.7 Å². The van der Waals surface area contributed by atoms with Gasteiger partial charge in [-0.1, -0.05) is 25.5 Å². The van der Waals surface area contributed by atoms with Gasteiger partial charge < -0.3 is 14.2 Å². The molecule has 0 heterocycles. The molecule has 0 amide bonds. The second-order valence-electron chi connectivity index (χ2n) is 11.0. The molecule has 0 N–H and O–H groups in total. The van der Waals surface area contributed by atoms with Crippen LogP contribution in [0.15, 0.2) is 11.6 Å². The maximum Gasteiger partial charge on any atom is 0.303 e. The standard InChI is InChI=1S/C26H36O7/c1-16(28)31-14-23(30)26(33-17(2)29)12-9-22-20-6-5-18-13-19(32-15-27)7-10-24(18,3)21(20)8-11-25(22,26)4/h5,15,19-22H,6-14H2,1-4H3/t19?,20?,21?,22?,24?,25?,26-/m1/s1. The summed E-state index contributed by atoms with van der Waals surface area (Å²) in [7, 11) is 0. The molecule has 0 aromatic heterocycles. The summed E-state index contributed by atoms with van der Waals surface area (Å²) >= 11 is 0. The Labute approximate surface area is 195 Å². The van der Waals surface area contributed by atoms with Crippen LogP contribution in [-0.4, -0.2) is 42.5 Å². The second-order valence-corrected chi connectivity index (χ2v) is 11.0. The first kappa shape index (κ1) is 24.0. The van der Waals surface area contributed by atoms with E-state index in [9.17, 15) is 19.2 Å². The lowest BCUT2D eigenvalue weighted by Crippen LogP contribution is -2.59. The van der Waals surface area contributed by atoms with Gasteiger partial charge in [-0.15, -0.1) is 0 Å². The third-order valence-corrected chi connectivity index (χ3v) is 9.60. The zero-order chi connectivity index (χ0) is 24.0. The van der Waals surface area contributed by atoms with E-state index in [1.54, 1.807) is 0 Å². The van der Waals surface area contributed by atoms with Gasteiger partial charge in [-0.3, -0.25) is 19.2 Å². The normalized spacial score (nSPS) is 41.5. The summed E-state index contributed by atoms with van der Waals surface area (Å²) in [6, 6.07) is 0. The predicted octanol–water partition coefficient (Wildman–Crippen LogP) is 3.92. The molecular weight excluding hydrogens is 424 g/mol. The summed E-state index contributed by atoms with van der Waals surface area (Å²) in [5.41, 5.74) is -0.261. The van der Waals surface area contributed by atoms with Crippen LogP contribution >= 0.6 is 0 Å². The molecule has 7 nitrogen and oxygen atoms in total. The monoisotopic (exact) mass is 460 g/mol. The summed E-state index contributed by atoms with van der Waals surface area (Å²) in [4.78, 5) is 47.8. The van der Waals surface area contributed by atoms with Gasteiger partial charge in [0.1, 0.15) is 6.10 Å². The molecule has 0 aromatic rings. The number of carbonyl (C=O) groups is 4. The number of esters is 2. The van der Waals surface area contributed by atoms with E-state index in [1.165, 1.54) is 19.4 Å². The number of carbonyl (C=O) groups excluding carboxylic acids is 4. The lowest BCUT2D eigenvalue weighted by Gasteiger charge is -2.59. The van der Waals surface area contributed by atoms with Crippen molar-refractivity contribution in [3.63, 3.8) is 0 Å². The van der Waals surface area contributed by atoms with Gasteiger partial charge in [-0.25, -0.2) is 0 Å². The zero-order valence-electron chi connectivity index (χ0n) is 20.2. The molecule has 0 bridgehead atoms. The molecule has 7 heteroatoms. The van der Waals surface area contributed by atoms with Crippen molar-refractivity contribution >= 4 is 24.2 Å². The van der Waals surface area contributed by atoms with Gasteiger partial charge in [0, 0.05) is 25.7 Å². The molecule has 0 radical (unpaired) electrons. The molecule has 0 spiro atoms. The van der Waals surface area contributed by atoms with Crippen molar-refractivity contribution in [1.82, 2.24) is 0 Å². The maximum atomic E-state index is 13.4. The van der Waals surface area contributed by atoms with E-state index >= 15 is 0 Å². The first-order valence-electron chi connectivity index (χ1n) is 12.2. The second kappa shape index (κ2) is 8.55. The lowest BCUT2D eigenvalue weighted by molar-refractivity contribution is -0.190. The minimum absolute atomic E-state index is 0.0331. The van der Waals surface area contributed by atoms with Gasteiger partial charge in [-0.05, 0) is 68.1 Å². The van der Waals surface area contributed by atoms with Crippen LogP contribution in [-0.2, 0) is 33.4 Å². The Bertz CT molecular complexity index is 878. The van der Waals surface area contributed by atoms with Gasteiger partial charge in [-0.2, -0.15) is 0 Å². The number of ketones is 1. The molecule has 0 saturated heterocycles. The average molecular weight is 461 g/mol. The van der Waals surface area contributed by atoms with E-state index in [1.807, 2.05) is 0 Å². The average Bonchev–Trinajstić information content (AvgIpc) is 3.05. The Kier molecular flexibility index (Phi) is 6.21. The van der Waals surface area contributed by atoms with Crippen LogP contribution in [0.4, 0.5) is 0 Å². The van der Waals surface area contributed by atoms with Crippen molar-refractivity contribution in [2.24, 2.45) is 28.6 Å². The molecule has 3 fully saturated rings. The Hall–Kier alpha value is -2.18. The minimum Gasteiger partial charge on any atom is -0.464 e. The van der Waals surface area contributed by atoms with Crippen molar-refractivity contribution in [2.75, 3.05) is 6.61 Å². The van der Waals surface area contributed by atoms with E-state index in [4.69, 9.17) is 14.2 Å². The van der Waals surface area contributed by atoms with Crippen LogP contribution in [0.2, 0.25) is 0 Å². The van der Waals surface area contributed by atoms with Crippen LogP contribution < -0.4 is 0 Å². The number of allylic oxidation sites excluding steroid dienone is 1. The third kappa shape index (κ3) is 3.71. The first-order valence-corrected chi connectivity index (χ1v) is 12.2.